The normalized spacial score (nSPS) is 25.0. The van der Waals surface area contributed by atoms with Crippen molar-refractivity contribution in [3.05, 3.63) is 23.9 Å². The highest BCUT2D eigenvalue weighted by molar-refractivity contribution is 7.91. The van der Waals surface area contributed by atoms with Gasteiger partial charge >= 0.3 is 0 Å². The second-order valence-electron chi connectivity index (χ2n) is 6.59. The van der Waals surface area contributed by atoms with Gasteiger partial charge in [0.1, 0.15) is 5.82 Å². The summed E-state index contributed by atoms with van der Waals surface area (Å²) in [4.78, 5) is 18.7. The molecule has 138 valence electrons. The van der Waals surface area contributed by atoms with Crippen molar-refractivity contribution in [1.29, 1.82) is 0 Å². The minimum atomic E-state index is -3.03. The molecule has 2 fully saturated rings. The van der Waals surface area contributed by atoms with Crippen LogP contribution in [0.5, 0.6) is 0 Å². The molecule has 0 saturated carbocycles. The summed E-state index contributed by atoms with van der Waals surface area (Å²) in [6.45, 7) is 3.83. The first-order valence-corrected chi connectivity index (χ1v) is 10.6. The van der Waals surface area contributed by atoms with E-state index in [9.17, 15) is 13.2 Å². The van der Waals surface area contributed by atoms with Gasteiger partial charge in [0.15, 0.2) is 9.84 Å². The van der Waals surface area contributed by atoms with E-state index in [0.717, 1.165) is 19.4 Å². The zero-order valence-corrected chi connectivity index (χ0v) is 15.3. The summed E-state index contributed by atoms with van der Waals surface area (Å²) >= 11 is 0. The van der Waals surface area contributed by atoms with Crippen molar-refractivity contribution in [2.75, 3.05) is 36.5 Å². The molecule has 7 nitrogen and oxygen atoms in total. The van der Waals surface area contributed by atoms with Crippen LogP contribution in [0.2, 0.25) is 0 Å². The summed E-state index contributed by atoms with van der Waals surface area (Å²) in [5.74, 6) is 0.706. The highest BCUT2D eigenvalue weighted by Gasteiger charge is 2.34. The highest BCUT2D eigenvalue weighted by Crippen LogP contribution is 2.21. The molecule has 0 spiro atoms. The lowest BCUT2D eigenvalue weighted by molar-refractivity contribution is 0.0708. The molecule has 25 heavy (non-hydrogen) atoms. The predicted molar refractivity (Wildman–Crippen MR) is 95.5 cm³/mol. The van der Waals surface area contributed by atoms with Crippen LogP contribution in [0, 0.1) is 0 Å². The maximum absolute atomic E-state index is 12.8. The summed E-state index contributed by atoms with van der Waals surface area (Å²) < 4.78 is 29.0. The predicted octanol–water partition coefficient (Wildman–Crippen LogP) is 1.32. The Morgan fingerprint density at radius 2 is 2.28 bits per heavy atom. The molecule has 0 aromatic carbocycles. The van der Waals surface area contributed by atoms with Crippen LogP contribution in [0.15, 0.2) is 18.3 Å². The lowest BCUT2D eigenvalue weighted by Crippen LogP contribution is -2.41. The number of carbonyl (C=O) groups is 1. The van der Waals surface area contributed by atoms with Crippen molar-refractivity contribution >= 4 is 21.6 Å². The first kappa shape index (κ1) is 18.1. The van der Waals surface area contributed by atoms with E-state index in [1.807, 2.05) is 6.92 Å². The van der Waals surface area contributed by atoms with E-state index in [1.54, 1.807) is 23.2 Å². The van der Waals surface area contributed by atoms with Gasteiger partial charge in [0.25, 0.3) is 5.91 Å². The van der Waals surface area contributed by atoms with Crippen molar-refractivity contribution in [2.24, 2.45) is 0 Å². The number of sulfone groups is 1. The first-order valence-electron chi connectivity index (χ1n) is 8.81. The molecule has 8 heteroatoms. The average molecular weight is 367 g/mol. The van der Waals surface area contributed by atoms with Crippen LogP contribution in [0.4, 0.5) is 5.82 Å². The van der Waals surface area contributed by atoms with Gasteiger partial charge in [0.2, 0.25) is 0 Å². The third-order valence-corrected chi connectivity index (χ3v) is 6.54. The van der Waals surface area contributed by atoms with Gasteiger partial charge in [-0.3, -0.25) is 4.79 Å². The van der Waals surface area contributed by atoms with Crippen LogP contribution in [-0.4, -0.2) is 67.6 Å². The fourth-order valence-corrected chi connectivity index (χ4v) is 5.17. The van der Waals surface area contributed by atoms with Crippen molar-refractivity contribution < 1.29 is 17.9 Å². The molecule has 0 aliphatic carbocycles. The molecule has 0 bridgehead atoms. The molecule has 1 amide bonds. The van der Waals surface area contributed by atoms with Crippen LogP contribution >= 0.6 is 0 Å². The van der Waals surface area contributed by atoms with E-state index < -0.39 is 9.84 Å². The van der Waals surface area contributed by atoms with Crippen molar-refractivity contribution in [1.82, 2.24) is 9.88 Å². The Balaban J connectivity index is 1.67. The summed E-state index contributed by atoms with van der Waals surface area (Å²) in [6.07, 6.45) is 4.41. The fraction of sp³-hybridized carbons (Fsp3) is 0.647. The Morgan fingerprint density at radius 1 is 1.44 bits per heavy atom. The van der Waals surface area contributed by atoms with Gasteiger partial charge in [-0.15, -0.1) is 0 Å². The highest BCUT2D eigenvalue weighted by atomic mass is 32.2. The molecule has 1 aromatic rings. The van der Waals surface area contributed by atoms with E-state index >= 15 is 0 Å². The van der Waals surface area contributed by atoms with Crippen molar-refractivity contribution in [3.8, 4) is 0 Å². The molecule has 2 saturated heterocycles. The monoisotopic (exact) mass is 367 g/mol. The number of anilines is 1. The Hall–Kier alpha value is -1.67. The van der Waals surface area contributed by atoms with E-state index in [4.69, 9.17) is 4.74 Å². The van der Waals surface area contributed by atoms with Crippen molar-refractivity contribution in [3.63, 3.8) is 0 Å². The number of rotatable bonds is 6. The molecular weight excluding hydrogens is 342 g/mol. The Bertz CT molecular complexity index is 716. The standard InChI is InChI=1S/C17H25N3O4S/c1-2-20(14-6-9-25(22,23)12-14)17(21)13-5-7-18-16(10-13)19-11-15-4-3-8-24-15/h5,7,10,14-15H,2-4,6,8-9,11-12H2,1H3,(H,18,19). The minimum Gasteiger partial charge on any atom is -0.376 e. The maximum Gasteiger partial charge on any atom is 0.254 e. The summed E-state index contributed by atoms with van der Waals surface area (Å²) in [5.41, 5.74) is 0.524. The molecule has 2 unspecified atom stereocenters. The zero-order valence-electron chi connectivity index (χ0n) is 14.5. The average Bonchev–Trinajstić information content (AvgIpc) is 3.23. The molecule has 2 aliphatic heterocycles. The summed E-state index contributed by atoms with van der Waals surface area (Å²) in [6, 6.07) is 3.16. The number of carbonyl (C=O) groups excluding carboxylic acids is 1. The van der Waals surface area contributed by atoms with Gasteiger partial charge in [-0.2, -0.15) is 0 Å². The Labute approximate surface area is 148 Å². The van der Waals surface area contributed by atoms with Crippen LogP contribution in [0.3, 0.4) is 0 Å². The lowest BCUT2D eigenvalue weighted by atomic mass is 10.1. The van der Waals surface area contributed by atoms with Crippen molar-refractivity contribution in [2.45, 2.75) is 38.3 Å². The van der Waals surface area contributed by atoms with Gasteiger partial charge in [-0.1, -0.05) is 0 Å². The van der Waals surface area contributed by atoms with E-state index in [-0.39, 0.29) is 29.6 Å². The second kappa shape index (κ2) is 7.70. The number of hydrogen-bond acceptors (Lipinski definition) is 6. The maximum atomic E-state index is 12.8. The van der Waals surface area contributed by atoms with Gasteiger partial charge in [0.05, 0.1) is 17.6 Å². The van der Waals surface area contributed by atoms with Crippen LogP contribution < -0.4 is 5.32 Å². The van der Waals surface area contributed by atoms with E-state index in [0.29, 0.717) is 30.9 Å². The number of ether oxygens (including phenoxy) is 1. The van der Waals surface area contributed by atoms with E-state index in [2.05, 4.69) is 10.3 Å². The number of nitrogens with zero attached hydrogens (tertiary/aromatic N) is 2. The van der Waals surface area contributed by atoms with Gasteiger partial charge in [0, 0.05) is 37.5 Å². The minimum absolute atomic E-state index is 0.0573. The first-order chi connectivity index (χ1) is 12.0. The smallest absolute Gasteiger partial charge is 0.254 e. The summed E-state index contributed by atoms with van der Waals surface area (Å²) in [7, 11) is -3.03. The van der Waals surface area contributed by atoms with Gasteiger partial charge < -0.3 is 15.0 Å². The molecule has 0 radical (unpaired) electrons. The number of nitrogens with one attached hydrogen (secondary N) is 1. The molecule has 3 rings (SSSR count). The second-order valence-corrected chi connectivity index (χ2v) is 8.82. The SMILES string of the molecule is CCN(C(=O)c1ccnc(NCC2CCCO2)c1)C1CCS(=O)(=O)C1. The van der Waals surface area contributed by atoms with Gasteiger partial charge in [-0.05, 0) is 38.3 Å². The van der Waals surface area contributed by atoms with Crippen LogP contribution in [-0.2, 0) is 14.6 Å². The molecule has 1 aromatic heterocycles. The number of amides is 1. The molecule has 2 atom stereocenters. The molecular formula is C17H25N3O4S. The fourth-order valence-electron chi connectivity index (χ4n) is 3.44. The third-order valence-electron chi connectivity index (χ3n) is 4.79. The number of hydrogen-bond donors (Lipinski definition) is 1. The molecule has 1 N–H and O–H groups in total. The Morgan fingerprint density at radius 3 is 2.92 bits per heavy atom. The topological polar surface area (TPSA) is 88.6 Å². The number of aromatic nitrogens is 1. The zero-order chi connectivity index (χ0) is 17.9. The quantitative estimate of drug-likeness (QED) is 0.816. The number of pyridine rings is 1. The Kier molecular flexibility index (Phi) is 5.58. The van der Waals surface area contributed by atoms with Gasteiger partial charge in [-0.25, -0.2) is 13.4 Å². The molecule has 2 aliphatic rings. The molecule has 3 heterocycles. The van der Waals surface area contributed by atoms with E-state index in [1.165, 1.54) is 0 Å². The third kappa shape index (κ3) is 4.49. The van der Waals surface area contributed by atoms with Crippen LogP contribution in [0.25, 0.3) is 0 Å². The van der Waals surface area contributed by atoms with Crippen LogP contribution in [0.1, 0.15) is 36.5 Å². The lowest BCUT2D eigenvalue weighted by Gasteiger charge is -2.27. The summed E-state index contributed by atoms with van der Waals surface area (Å²) in [5, 5.41) is 3.22. The largest absolute Gasteiger partial charge is 0.376 e.